The molecule has 6 heteroatoms. The van der Waals surface area contributed by atoms with E-state index in [2.05, 4.69) is 80.2 Å². The standard InChI is InChI=1S/C29H32N2O3Si/c1-6-29(18-17-23(19-29)31-20-22(2)26(32)30-27(31)33)21-34-35(28(3,4)5,24-13-9-7-10-14-24)25-15-11-8-12-16-25/h1,7-18,20,23H,19,21H2,2-5H3,(H,30,32,33)/t23-,29-/m0/s1. The maximum absolute atomic E-state index is 12.5. The van der Waals surface area contributed by atoms with Crippen molar-refractivity contribution >= 4 is 18.7 Å². The summed E-state index contributed by atoms with van der Waals surface area (Å²) >= 11 is 0. The Morgan fingerprint density at radius 3 is 2.17 bits per heavy atom. The van der Waals surface area contributed by atoms with Crippen LogP contribution < -0.4 is 21.6 Å². The fraction of sp³-hybridized carbons (Fsp3) is 0.310. The van der Waals surface area contributed by atoms with Gasteiger partial charge in [-0.2, -0.15) is 0 Å². The van der Waals surface area contributed by atoms with Gasteiger partial charge in [-0.1, -0.05) is 99.5 Å². The Labute approximate surface area is 207 Å². The topological polar surface area (TPSA) is 64.1 Å². The molecule has 5 nitrogen and oxygen atoms in total. The molecule has 35 heavy (non-hydrogen) atoms. The van der Waals surface area contributed by atoms with E-state index in [1.54, 1.807) is 17.7 Å². The molecule has 2 aromatic carbocycles. The lowest BCUT2D eigenvalue weighted by Crippen LogP contribution is -2.67. The third kappa shape index (κ3) is 4.50. The van der Waals surface area contributed by atoms with Crippen LogP contribution in [0.15, 0.2) is 88.6 Å². The number of benzene rings is 2. The van der Waals surface area contributed by atoms with Gasteiger partial charge in [-0.25, -0.2) is 4.79 Å². The predicted molar refractivity (Wildman–Crippen MR) is 144 cm³/mol. The number of nitrogens with zero attached hydrogens (tertiary/aromatic N) is 1. The molecular formula is C29H32N2O3Si. The van der Waals surface area contributed by atoms with Crippen LogP contribution in [-0.4, -0.2) is 24.5 Å². The van der Waals surface area contributed by atoms with E-state index in [9.17, 15) is 9.59 Å². The van der Waals surface area contributed by atoms with Gasteiger partial charge >= 0.3 is 5.69 Å². The number of rotatable bonds is 6. The molecule has 0 amide bonds. The van der Waals surface area contributed by atoms with Crippen molar-refractivity contribution < 1.29 is 4.43 Å². The van der Waals surface area contributed by atoms with Gasteiger partial charge < -0.3 is 4.43 Å². The molecule has 3 aromatic rings. The summed E-state index contributed by atoms with van der Waals surface area (Å²) in [6.45, 7) is 8.72. The van der Waals surface area contributed by atoms with Crippen LogP contribution >= 0.6 is 0 Å². The first-order chi connectivity index (χ1) is 16.6. The van der Waals surface area contributed by atoms with E-state index in [0.717, 1.165) is 0 Å². The predicted octanol–water partition coefficient (Wildman–Crippen LogP) is 3.54. The zero-order chi connectivity index (χ0) is 25.3. The summed E-state index contributed by atoms with van der Waals surface area (Å²) in [7, 11) is -2.75. The van der Waals surface area contributed by atoms with E-state index in [0.29, 0.717) is 18.6 Å². The minimum Gasteiger partial charge on any atom is -0.406 e. The van der Waals surface area contributed by atoms with Crippen molar-refractivity contribution in [3.8, 4) is 12.3 Å². The van der Waals surface area contributed by atoms with Crippen LogP contribution in [0.1, 0.15) is 38.8 Å². The van der Waals surface area contributed by atoms with Crippen LogP contribution in [0, 0.1) is 24.7 Å². The quantitative estimate of drug-likeness (QED) is 0.331. The molecule has 0 bridgehead atoms. The van der Waals surface area contributed by atoms with Crippen LogP contribution in [0.2, 0.25) is 5.04 Å². The van der Waals surface area contributed by atoms with E-state index in [4.69, 9.17) is 10.8 Å². The van der Waals surface area contributed by atoms with Gasteiger partial charge in [0.05, 0.1) is 18.1 Å². The summed E-state index contributed by atoms with van der Waals surface area (Å²) in [4.78, 5) is 26.7. The van der Waals surface area contributed by atoms with Gasteiger partial charge in [-0.05, 0) is 28.8 Å². The van der Waals surface area contributed by atoms with Crippen molar-refractivity contribution in [3.63, 3.8) is 0 Å². The lowest BCUT2D eigenvalue weighted by Gasteiger charge is -2.44. The minimum absolute atomic E-state index is 0.166. The molecule has 0 unspecified atom stereocenters. The highest BCUT2D eigenvalue weighted by atomic mass is 28.4. The monoisotopic (exact) mass is 484 g/mol. The second kappa shape index (κ2) is 9.33. The SMILES string of the molecule is C#C[C@]1(CO[Si](c2ccccc2)(c2ccccc2)C(C)(C)C)C=C[C@H](n2cc(C)c(=O)[nH]c2=O)C1. The van der Waals surface area contributed by atoms with Crippen molar-refractivity contribution in [1.82, 2.24) is 9.55 Å². The number of nitrogens with one attached hydrogen (secondary N) is 1. The molecule has 180 valence electrons. The Bertz CT molecular complexity index is 1340. The minimum atomic E-state index is -2.75. The molecule has 0 saturated carbocycles. The van der Waals surface area contributed by atoms with Gasteiger partial charge in [-0.3, -0.25) is 14.3 Å². The molecule has 1 aliphatic rings. The van der Waals surface area contributed by atoms with Crippen molar-refractivity contribution in [3.05, 3.63) is 105 Å². The van der Waals surface area contributed by atoms with Crippen LogP contribution in [-0.2, 0) is 4.43 Å². The van der Waals surface area contributed by atoms with Crippen LogP contribution in [0.3, 0.4) is 0 Å². The highest BCUT2D eigenvalue weighted by Crippen LogP contribution is 2.42. The van der Waals surface area contributed by atoms with Crippen LogP contribution in [0.25, 0.3) is 0 Å². The number of allylic oxidation sites excluding steroid dienone is 1. The lowest BCUT2D eigenvalue weighted by molar-refractivity contribution is 0.211. The Hall–Kier alpha value is -3.40. The van der Waals surface area contributed by atoms with Gasteiger partial charge in [0.1, 0.15) is 0 Å². The maximum atomic E-state index is 12.5. The maximum Gasteiger partial charge on any atom is 0.328 e. The highest BCUT2D eigenvalue weighted by molar-refractivity contribution is 6.99. The summed E-state index contributed by atoms with van der Waals surface area (Å²) in [5.41, 5.74) is -0.983. The molecule has 4 rings (SSSR count). The number of aryl methyl sites for hydroxylation is 1. The Balaban J connectivity index is 1.72. The number of aromatic amines is 1. The first kappa shape index (κ1) is 24.7. The molecule has 1 N–H and O–H groups in total. The molecule has 0 radical (unpaired) electrons. The molecular weight excluding hydrogens is 452 g/mol. The van der Waals surface area contributed by atoms with Crippen LogP contribution in [0.4, 0.5) is 0 Å². The molecule has 1 heterocycles. The largest absolute Gasteiger partial charge is 0.406 e. The second-order valence-corrected chi connectivity index (χ2v) is 14.7. The molecule has 2 atom stereocenters. The summed E-state index contributed by atoms with van der Waals surface area (Å²) in [5, 5.41) is 2.22. The Kier molecular flexibility index (Phi) is 6.59. The molecule has 0 spiro atoms. The molecule has 0 fully saturated rings. The summed E-state index contributed by atoms with van der Waals surface area (Å²) < 4.78 is 8.65. The van der Waals surface area contributed by atoms with E-state index in [-0.39, 0.29) is 16.6 Å². The van der Waals surface area contributed by atoms with Gasteiger partial charge in [0.2, 0.25) is 0 Å². The smallest absolute Gasteiger partial charge is 0.328 e. The molecule has 1 aliphatic carbocycles. The number of hydrogen-bond acceptors (Lipinski definition) is 3. The van der Waals surface area contributed by atoms with Gasteiger partial charge in [0, 0.05) is 11.8 Å². The lowest BCUT2D eigenvalue weighted by atomic mass is 9.89. The van der Waals surface area contributed by atoms with E-state index >= 15 is 0 Å². The molecule has 0 saturated heterocycles. The number of hydrogen-bond donors (Lipinski definition) is 1. The third-order valence-electron chi connectivity index (χ3n) is 6.96. The first-order valence-electron chi connectivity index (χ1n) is 11.9. The summed E-state index contributed by atoms with van der Waals surface area (Å²) in [5.74, 6) is 2.97. The van der Waals surface area contributed by atoms with E-state index in [1.807, 2.05) is 24.3 Å². The first-order valence-corrected chi connectivity index (χ1v) is 13.8. The third-order valence-corrected chi connectivity index (χ3v) is 11.9. The average Bonchev–Trinajstić information content (AvgIpc) is 3.27. The molecule has 1 aromatic heterocycles. The second-order valence-electron chi connectivity index (χ2n) is 10.4. The van der Waals surface area contributed by atoms with Gasteiger partial charge in [-0.15, -0.1) is 6.42 Å². The van der Waals surface area contributed by atoms with Crippen LogP contribution in [0.5, 0.6) is 0 Å². The van der Waals surface area contributed by atoms with E-state index in [1.165, 1.54) is 10.4 Å². The van der Waals surface area contributed by atoms with Crippen molar-refractivity contribution in [2.45, 2.75) is 45.2 Å². The van der Waals surface area contributed by atoms with Crippen molar-refractivity contribution in [2.24, 2.45) is 5.41 Å². The van der Waals surface area contributed by atoms with Crippen molar-refractivity contribution in [1.29, 1.82) is 0 Å². The fourth-order valence-corrected chi connectivity index (χ4v) is 9.71. The van der Waals surface area contributed by atoms with E-state index < -0.39 is 19.4 Å². The Morgan fingerprint density at radius 1 is 1.09 bits per heavy atom. The number of aromatic nitrogens is 2. The number of terminal acetylenes is 1. The number of H-pyrrole nitrogens is 1. The Morgan fingerprint density at radius 2 is 1.66 bits per heavy atom. The fourth-order valence-electron chi connectivity index (χ4n) is 5.08. The summed E-state index contributed by atoms with van der Waals surface area (Å²) in [6, 6.07) is 20.6. The normalized spacial score (nSPS) is 20.0. The summed E-state index contributed by atoms with van der Waals surface area (Å²) in [6.07, 6.45) is 12.2. The van der Waals surface area contributed by atoms with Crippen molar-refractivity contribution in [2.75, 3.05) is 6.61 Å². The zero-order valence-corrected chi connectivity index (χ0v) is 21.7. The zero-order valence-electron chi connectivity index (χ0n) is 20.7. The van der Waals surface area contributed by atoms with Gasteiger partial charge in [0.15, 0.2) is 0 Å². The average molecular weight is 485 g/mol. The molecule has 0 aliphatic heterocycles. The van der Waals surface area contributed by atoms with Gasteiger partial charge in [0.25, 0.3) is 13.9 Å². The highest BCUT2D eigenvalue weighted by Gasteiger charge is 2.51.